The summed E-state index contributed by atoms with van der Waals surface area (Å²) in [6.07, 6.45) is 1.81. The number of ether oxygens (including phenoxy) is 1. The van der Waals surface area contributed by atoms with E-state index in [9.17, 15) is 15.0 Å². The van der Waals surface area contributed by atoms with E-state index in [1.807, 2.05) is 6.92 Å². The van der Waals surface area contributed by atoms with Gasteiger partial charge in [-0.15, -0.1) is 0 Å². The molecule has 0 aromatic carbocycles. The highest BCUT2D eigenvalue weighted by atomic mass is 32.2. The van der Waals surface area contributed by atoms with Crippen molar-refractivity contribution in [3.05, 3.63) is 0 Å². The number of methoxy groups -OCH3 is 1. The smallest absolute Gasteiger partial charge is 0.312 e. The van der Waals surface area contributed by atoms with Crippen LogP contribution in [0.2, 0.25) is 0 Å². The van der Waals surface area contributed by atoms with Crippen molar-refractivity contribution in [2.75, 3.05) is 18.6 Å². The van der Waals surface area contributed by atoms with E-state index in [-0.39, 0.29) is 5.97 Å². The van der Waals surface area contributed by atoms with Gasteiger partial charge >= 0.3 is 5.97 Å². The Kier molecular flexibility index (Phi) is 7.56. The normalized spacial score (nSPS) is 15.8. The van der Waals surface area contributed by atoms with Crippen LogP contribution in [0.25, 0.3) is 0 Å². The highest BCUT2D eigenvalue weighted by Crippen LogP contribution is 2.32. The molecule has 0 aromatic rings. The summed E-state index contributed by atoms with van der Waals surface area (Å²) in [6.45, 7) is 8.92. The van der Waals surface area contributed by atoms with E-state index in [0.717, 1.165) is 5.75 Å². The molecule has 0 heterocycles. The molecule has 0 saturated carbocycles. The van der Waals surface area contributed by atoms with Crippen molar-refractivity contribution < 1.29 is 19.7 Å². The highest BCUT2D eigenvalue weighted by molar-refractivity contribution is 7.99. The Morgan fingerprint density at radius 2 is 1.50 bits per heavy atom. The van der Waals surface area contributed by atoms with Crippen LogP contribution in [0.4, 0.5) is 0 Å². The lowest BCUT2D eigenvalue weighted by atomic mass is 9.84. The van der Waals surface area contributed by atoms with Crippen LogP contribution in [0.3, 0.4) is 0 Å². The fraction of sp³-hybridized carbons (Fsp3) is 0.933. The van der Waals surface area contributed by atoms with E-state index in [4.69, 9.17) is 4.74 Å². The van der Waals surface area contributed by atoms with Crippen molar-refractivity contribution in [1.82, 2.24) is 0 Å². The fourth-order valence-electron chi connectivity index (χ4n) is 1.68. The van der Waals surface area contributed by atoms with Gasteiger partial charge < -0.3 is 14.9 Å². The first-order chi connectivity index (χ1) is 8.90. The van der Waals surface area contributed by atoms with Gasteiger partial charge in [0.25, 0.3) is 0 Å². The maximum absolute atomic E-state index is 12.0. The summed E-state index contributed by atoms with van der Waals surface area (Å²) in [4.78, 5) is 12.0. The molecular formula is C15H30O4S. The Hall–Kier alpha value is -0.260. The maximum Gasteiger partial charge on any atom is 0.312 e. The quantitative estimate of drug-likeness (QED) is 0.506. The molecule has 0 aliphatic rings. The summed E-state index contributed by atoms with van der Waals surface area (Å²) in [6, 6.07) is 0. The van der Waals surface area contributed by atoms with Gasteiger partial charge in [0.05, 0.1) is 23.7 Å². The van der Waals surface area contributed by atoms with Crippen molar-refractivity contribution in [2.24, 2.45) is 5.41 Å². The van der Waals surface area contributed by atoms with Gasteiger partial charge in [-0.2, -0.15) is 11.8 Å². The first-order valence-electron chi connectivity index (χ1n) is 7.01. The molecule has 120 valence electrons. The van der Waals surface area contributed by atoms with Gasteiger partial charge in [-0.3, -0.25) is 4.79 Å². The second kappa shape index (κ2) is 7.66. The van der Waals surface area contributed by atoms with E-state index in [0.29, 0.717) is 25.0 Å². The largest absolute Gasteiger partial charge is 0.469 e. The van der Waals surface area contributed by atoms with E-state index < -0.39 is 16.6 Å². The molecule has 4 nitrogen and oxygen atoms in total. The molecule has 0 radical (unpaired) electrons. The van der Waals surface area contributed by atoms with Crippen LogP contribution in [0, 0.1) is 5.41 Å². The zero-order chi connectivity index (χ0) is 16.0. The fourth-order valence-corrected chi connectivity index (χ4v) is 3.18. The molecule has 1 atom stereocenters. The van der Waals surface area contributed by atoms with Crippen molar-refractivity contribution >= 4 is 17.7 Å². The second-order valence-corrected chi connectivity index (χ2v) is 8.08. The molecule has 0 bridgehead atoms. The summed E-state index contributed by atoms with van der Waals surface area (Å²) in [5, 5.41) is 19.5. The first kappa shape index (κ1) is 19.7. The van der Waals surface area contributed by atoms with Gasteiger partial charge in [0, 0.05) is 5.75 Å². The number of rotatable bonds is 9. The van der Waals surface area contributed by atoms with Crippen LogP contribution in [0.5, 0.6) is 0 Å². The summed E-state index contributed by atoms with van der Waals surface area (Å²) in [7, 11) is 1.40. The predicted octanol–water partition coefficient (Wildman–Crippen LogP) is 2.61. The van der Waals surface area contributed by atoms with Crippen molar-refractivity contribution in [3.8, 4) is 0 Å². The third-order valence-electron chi connectivity index (χ3n) is 3.25. The predicted molar refractivity (Wildman–Crippen MR) is 83.9 cm³/mol. The lowest BCUT2D eigenvalue weighted by Gasteiger charge is -2.29. The lowest BCUT2D eigenvalue weighted by Crippen LogP contribution is -2.34. The van der Waals surface area contributed by atoms with Gasteiger partial charge in [0.15, 0.2) is 0 Å². The number of thioether (sulfide) groups is 1. The van der Waals surface area contributed by atoms with Gasteiger partial charge in [-0.1, -0.05) is 0 Å². The average Bonchev–Trinajstić information content (AvgIpc) is 2.29. The molecule has 0 amide bonds. The summed E-state index contributed by atoms with van der Waals surface area (Å²) < 4.78 is 4.90. The lowest BCUT2D eigenvalue weighted by molar-refractivity contribution is -0.151. The minimum Gasteiger partial charge on any atom is -0.469 e. The SMILES string of the molecule is COC(=O)C(C)(CCC(C)(C)O)CSCCC(C)(C)O. The van der Waals surface area contributed by atoms with E-state index >= 15 is 0 Å². The van der Waals surface area contributed by atoms with Gasteiger partial charge in [-0.05, 0) is 59.6 Å². The molecule has 1 unspecified atom stereocenters. The van der Waals surface area contributed by atoms with Crippen LogP contribution in [-0.4, -0.2) is 46.0 Å². The Morgan fingerprint density at radius 3 is 1.90 bits per heavy atom. The Balaban J connectivity index is 4.45. The van der Waals surface area contributed by atoms with E-state index in [1.165, 1.54) is 7.11 Å². The molecule has 2 N–H and O–H groups in total. The van der Waals surface area contributed by atoms with Crippen LogP contribution < -0.4 is 0 Å². The monoisotopic (exact) mass is 306 g/mol. The van der Waals surface area contributed by atoms with Crippen molar-refractivity contribution in [1.29, 1.82) is 0 Å². The number of carbonyl (C=O) groups is 1. The van der Waals surface area contributed by atoms with Crippen molar-refractivity contribution in [2.45, 2.75) is 65.1 Å². The van der Waals surface area contributed by atoms with Gasteiger partial charge in [0.2, 0.25) is 0 Å². The molecule has 0 aromatic heterocycles. The zero-order valence-electron chi connectivity index (χ0n) is 13.7. The number of hydrogen-bond donors (Lipinski definition) is 2. The minimum atomic E-state index is -0.785. The summed E-state index contributed by atoms with van der Waals surface area (Å²) in [5.41, 5.74) is -2.06. The molecule has 0 aliphatic heterocycles. The third-order valence-corrected chi connectivity index (χ3v) is 4.58. The van der Waals surface area contributed by atoms with Crippen LogP contribution in [0.1, 0.15) is 53.9 Å². The van der Waals surface area contributed by atoms with Gasteiger partial charge in [0.1, 0.15) is 0 Å². The molecule has 0 saturated heterocycles. The van der Waals surface area contributed by atoms with E-state index in [2.05, 4.69) is 0 Å². The van der Waals surface area contributed by atoms with Crippen LogP contribution in [0.15, 0.2) is 0 Å². The number of carbonyl (C=O) groups excluding carboxylic acids is 1. The average molecular weight is 306 g/mol. The molecule has 0 rings (SSSR count). The Labute approximate surface area is 127 Å². The Morgan fingerprint density at radius 1 is 1.00 bits per heavy atom. The minimum absolute atomic E-state index is 0.238. The molecule has 0 spiro atoms. The number of esters is 1. The maximum atomic E-state index is 12.0. The van der Waals surface area contributed by atoms with E-state index in [1.54, 1.807) is 39.5 Å². The topological polar surface area (TPSA) is 66.8 Å². The number of aliphatic hydroxyl groups is 2. The zero-order valence-corrected chi connectivity index (χ0v) is 14.5. The van der Waals surface area contributed by atoms with Gasteiger partial charge in [-0.25, -0.2) is 0 Å². The third kappa shape index (κ3) is 8.82. The summed E-state index contributed by atoms with van der Waals surface area (Å²) in [5.74, 6) is 1.18. The van der Waals surface area contributed by atoms with Crippen molar-refractivity contribution in [3.63, 3.8) is 0 Å². The highest BCUT2D eigenvalue weighted by Gasteiger charge is 2.35. The standard InChI is InChI=1S/C15H30O4S/c1-13(2,17)7-8-15(5,12(16)19-6)11-20-10-9-14(3,4)18/h17-18H,7-11H2,1-6H3. The Bertz CT molecular complexity index is 304. The van der Waals surface area contributed by atoms with Crippen LogP contribution in [-0.2, 0) is 9.53 Å². The van der Waals surface area contributed by atoms with Crippen LogP contribution >= 0.6 is 11.8 Å². The molecule has 20 heavy (non-hydrogen) atoms. The molecule has 5 heteroatoms. The molecule has 0 aliphatic carbocycles. The summed E-state index contributed by atoms with van der Waals surface area (Å²) >= 11 is 1.64. The molecular weight excluding hydrogens is 276 g/mol. The molecule has 0 fully saturated rings. The first-order valence-corrected chi connectivity index (χ1v) is 8.16. The second-order valence-electron chi connectivity index (χ2n) is 6.98. The number of hydrogen-bond acceptors (Lipinski definition) is 5.